The third-order valence-electron chi connectivity index (χ3n) is 4.53. The molecule has 3 aromatic rings. The normalized spacial score (nSPS) is 14.1. The lowest BCUT2D eigenvalue weighted by atomic mass is 10.1. The summed E-state index contributed by atoms with van der Waals surface area (Å²) in [5.41, 5.74) is 0.236. The van der Waals surface area contributed by atoms with E-state index in [0.717, 1.165) is 0 Å². The van der Waals surface area contributed by atoms with E-state index in [-0.39, 0.29) is 45.4 Å². The molecule has 0 aliphatic rings. The van der Waals surface area contributed by atoms with Gasteiger partial charge in [0.05, 0.1) is 18.1 Å². The van der Waals surface area contributed by atoms with Crippen LogP contribution >= 0.6 is 0 Å². The molecule has 3 rings (SSSR count). The molecule has 9 nitrogen and oxygen atoms in total. The number of phenols is 2. The summed E-state index contributed by atoms with van der Waals surface area (Å²) in [6.45, 7) is 4.33. The van der Waals surface area contributed by atoms with Crippen molar-refractivity contribution < 1.29 is 39.4 Å². The number of rotatable bonds is 8. The van der Waals surface area contributed by atoms with Crippen LogP contribution in [0.1, 0.15) is 6.92 Å². The summed E-state index contributed by atoms with van der Waals surface area (Å²) in [4.78, 5) is 12.4. The van der Waals surface area contributed by atoms with Crippen LogP contribution in [-0.2, 0) is 4.74 Å². The Morgan fingerprint density at radius 1 is 1.10 bits per heavy atom. The lowest BCUT2D eigenvalue weighted by Gasteiger charge is -2.24. The fourth-order valence-corrected chi connectivity index (χ4v) is 2.87. The maximum atomic E-state index is 12.4. The van der Waals surface area contributed by atoms with Gasteiger partial charge >= 0.3 is 0 Å². The second-order valence-corrected chi connectivity index (χ2v) is 6.88. The van der Waals surface area contributed by atoms with Crippen LogP contribution in [0.3, 0.4) is 0 Å². The van der Waals surface area contributed by atoms with Crippen LogP contribution in [0.2, 0.25) is 0 Å². The molecule has 31 heavy (non-hydrogen) atoms. The van der Waals surface area contributed by atoms with Crippen LogP contribution < -0.4 is 10.2 Å². The number of phenolic OH excluding ortho intramolecular Hbond substituents is 2. The Balaban J connectivity index is 1.87. The van der Waals surface area contributed by atoms with E-state index in [1.165, 1.54) is 49.4 Å². The number of aliphatic hydroxyl groups is 3. The van der Waals surface area contributed by atoms with E-state index in [1.54, 1.807) is 0 Å². The SMILES string of the molecule is C=C(Oc1ccc2c(=O)cc(-c3ccc(O)c(O)c3)oc2c1)OC(CO)[C@@H](O)C(C)O. The fraction of sp³-hybridized carbons (Fsp3) is 0.227. The van der Waals surface area contributed by atoms with E-state index in [9.17, 15) is 30.3 Å². The summed E-state index contributed by atoms with van der Waals surface area (Å²) < 4.78 is 16.5. The number of hydrogen-bond acceptors (Lipinski definition) is 9. The Bertz CT molecular complexity index is 1150. The molecule has 0 aliphatic carbocycles. The minimum Gasteiger partial charge on any atom is -0.504 e. The van der Waals surface area contributed by atoms with Crippen molar-refractivity contribution in [1.82, 2.24) is 0 Å². The predicted molar refractivity (Wildman–Crippen MR) is 111 cm³/mol. The molecule has 0 saturated heterocycles. The molecule has 164 valence electrons. The highest BCUT2D eigenvalue weighted by atomic mass is 16.7. The van der Waals surface area contributed by atoms with Crippen molar-refractivity contribution in [3.8, 4) is 28.6 Å². The van der Waals surface area contributed by atoms with Crippen LogP contribution in [0.5, 0.6) is 17.2 Å². The van der Waals surface area contributed by atoms with Gasteiger partial charge in [0.15, 0.2) is 23.0 Å². The molecule has 0 saturated carbocycles. The summed E-state index contributed by atoms with van der Waals surface area (Å²) in [7, 11) is 0. The second-order valence-electron chi connectivity index (χ2n) is 6.88. The van der Waals surface area contributed by atoms with Crippen molar-refractivity contribution in [2.45, 2.75) is 25.2 Å². The molecule has 0 bridgehead atoms. The van der Waals surface area contributed by atoms with Crippen LogP contribution in [0.4, 0.5) is 0 Å². The summed E-state index contributed by atoms with van der Waals surface area (Å²) in [5, 5.41) is 48.0. The quantitative estimate of drug-likeness (QED) is 0.266. The zero-order valence-corrected chi connectivity index (χ0v) is 16.6. The third-order valence-corrected chi connectivity index (χ3v) is 4.53. The molecular weight excluding hydrogens is 408 g/mol. The average Bonchev–Trinajstić information content (AvgIpc) is 2.73. The number of aromatic hydroxyl groups is 2. The van der Waals surface area contributed by atoms with Crippen LogP contribution in [-0.4, -0.2) is 50.5 Å². The highest BCUT2D eigenvalue weighted by Crippen LogP contribution is 2.31. The first-order valence-electron chi connectivity index (χ1n) is 9.30. The molecule has 1 aromatic heterocycles. The molecule has 0 fully saturated rings. The second kappa shape index (κ2) is 9.09. The van der Waals surface area contributed by atoms with Crippen molar-refractivity contribution in [2.75, 3.05) is 6.61 Å². The van der Waals surface area contributed by atoms with Crippen molar-refractivity contribution in [3.05, 3.63) is 65.2 Å². The van der Waals surface area contributed by atoms with Crippen LogP contribution in [0.25, 0.3) is 22.3 Å². The average molecular weight is 430 g/mol. The highest BCUT2D eigenvalue weighted by molar-refractivity contribution is 5.80. The summed E-state index contributed by atoms with van der Waals surface area (Å²) in [6.07, 6.45) is -3.65. The zero-order valence-electron chi connectivity index (χ0n) is 16.6. The lowest BCUT2D eigenvalue weighted by molar-refractivity contribution is -0.0990. The van der Waals surface area contributed by atoms with Gasteiger partial charge in [-0.15, -0.1) is 0 Å². The first-order valence-corrected chi connectivity index (χ1v) is 9.30. The van der Waals surface area contributed by atoms with Crippen molar-refractivity contribution in [1.29, 1.82) is 0 Å². The van der Waals surface area contributed by atoms with Gasteiger partial charge in [-0.25, -0.2) is 0 Å². The van der Waals surface area contributed by atoms with Gasteiger partial charge in [0.2, 0.25) is 0 Å². The van der Waals surface area contributed by atoms with Crippen molar-refractivity contribution in [3.63, 3.8) is 0 Å². The van der Waals surface area contributed by atoms with Gasteiger partial charge in [-0.2, -0.15) is 0 Å². The Hall–Kier alpha value is -3.53. The Kier molecular flexibility index (Phi) is 6.50. The molecule has 0 amide bonds. The van der Waals surface area contributed by atoms with E-state index >= 15 is 0 Å². The van der Waals surface area contributed by atoms with Crippen molar-refractivity contribution in [2.24, 2.45) is 0 Å². The zero-order chi connectivity index (χ0) is 22.7. The maximum Gasteiger partial charge on any atom is 0.277 e. The standard InChI is InChI=1S/C22H22O9/c1-11(24)22(28)21(10-23)30-12(2)29-14-4-5-15-17(26)9-19(31-20(15)8-14)13-3-6-16(25)18(27)7-13/h3-9,11,21-25,27-28H,2,10H2,1H3/t11?,21?,22-/m0/s1. The van der Waals surface area contributed by atoms with Gasteiger partial charge in [0, 0.05) is 17.7 Å². The molecule has 2 aromatic carbocycles. The number of aliphatic hydroxyl groups excluding tert-OH is 3. The third kappa shape index (κ3) is 4.97. The Labute approximate surface area is 176 Å². The van der Waals surface area contributed by atoms with Gasteiger partial charge in [-0.05, 0) is 43.8 Å². The number of ether oxygens (including phenoxy) is 2. The summed E-state index contributed by atoms with van der Waals surface area (Å²) >= 11 is 0. The molecule has 0 aliphatic heterocycles. The van der Waals surface area contributed by atoms with Crippen molar-refractivity contribution >= 4 is 11.0 Å². The topological polar surface area (TPSA) is 150 Å². The molecule has 0 spiro atoms. The largest absolute Gasteiger partial charge is 0.504 e. The highest BCUT2D eigenvalue weighted by Gasteiger charge is 2.25. The van der Waals surface area contributed by atoms with Gasteiger partial charge in [-0.1, -0.05) is 0 Å². The predicted octanol–water partition coefficient (Wildman–Crippen LogP) is 1.84. The first-order chi connectivity index (χ1) is 14.7. The van der Waals surface area contributed by atoms with E-state index in [4.69, 9.17) is 13.9 Å². The first kappa shape index (κ1) is 22.2. The molecule has 0 radical (unpaired) electrons. The summed E-state index contributed by atoms with van der Waals surface area (Å²) in [5.74, 6) is -0.540. The minimum atomic E-state index is -1.36. The Morgan fingerprint density at radius 3 is 2.48 bits per heavy atom. The maximum absolute atomic E-state index is 12.4. The molecule has 1 heterocycles. The van der Waals surface area contributed by atoms with Gasteiger partial charge in [0.25, 0.3) is 5.95 Å². The van der Waals surface area contributed by atoms with E-state index in [1.807, 2.05) is 0 Å². The summed E-state index contributed by atoms with van der Waals surface area (Å²) in [6, 6.07) is 9.67. The fourth-order valence-electron chi connectivity index (χ4n) is 2.87. The van der Waals surface area contributed by atoms with E-state index in [0.29, 0.717) is 5.56 Å². The smallest absolute Gasteiger partial charge is 0.277 e. The van der Waals surface area contributed by atoms with Crippen LogP contribution in [0, 0.1) is 0 Å². The van der Waals surface area contributed by atoms with Gasteiger partial charge < -0.3 is 39.4 Å². The number of benzene rings is 2. The van der Waals surface area contributed by atoms with Gasteiger partial charge in [0.1, 0.15) is 23.2 Å². The molecular formula is C22H22O9. The lowest BCUT2D eigenvalue weighted by Crippen LogP contribution is -2.40. The molecule has 2 unspecified atom stereocenters. The van der Waals surface area contributed by atoms with Gasteiger partial charge in [-0.3, -0.25) is 4.79 Å². The monoisotopic (exact) mass is 430 g/mol. The van der Waals surface area contributed by atoms with E-state index in [2.05, 4.69) is 6.58 Å². The number of hydrogen-bond donors (Lipinski definition) is 5. The number of fused-ring (bicyclic) bond motifs is 1. The Morgan fingerprint density at radius 2 is 1.84 bits per heavy atom. The minimum absolute atomic E-state index is 0.167. The molecule has 3 atom stereocenters. The molecule has 9 heteroatoms. The van der Waals surface area contributed by atoms with Crippen LogP contribution in [0.15, 0.2) is 64.2 Å². The molecule has 5 N–H and O–H groups in total. The van der Waals surface area contributed by atoms with E-state index < -0.39 is 24.9 Å².